The molecule has 1 aliphatic rings. The van der Waals surface area contributed by atoms with Gasteiger partial charge in [-0.05, 0) is 57.0 Å². The summed E-state index contributed by atoms with van der Waals surface area (Å²) in [6.45, 7) is 3.81. The average Bonchev–Trinajstić information content (AvgIpc) is 3.45. The van der Waals surface area contributed by atoms with E-state index < -0.39 is 0 Å². The molecular formula is C22H20N4O3S. The molecule has 7 nitrogen and oxygen atoms in total. The summed E-state index contributed by atoms with van der Waals surface area (Å²) in [6.07, 6.45) is 2.17. The first-order valence-corrected chi connectivity index (χ1v) is 10.5. The summed E-state index contributed by atoms with van der Waals surface area (Å²) in [4.78, 5) is 23.4. The third kappa shape index (κ3) is 3.33. The fourth-order valence-electron chi connectivity index (χ4n) is 3.51. The van der Waals surface area contributed by atoms with Gasteiger partial charge in [-0.2, -0.15) is 0 Å². The van der Waals surface area contributed by atoms with E-state index in [1.807, 2.05) is 44.2 Å². The van der Waals surface area contributed by atoms with Crippen molar-refractivity contribution in [3.8, 4) is 17.0 Å². The maximum Gasteiger partial charge on any atom is 0.259 e. The molecule has 0 unspecified atom stereocenters. The monoisotopic (exact) mass is 420 g/mol. The molecule has 30 heavy (non-hydrogen) atoms. The van der Waals surface area contributed by atoms with E-state index in [9.17, 15) is 4.79 Å². The van der Waals surface area contributed by atoms with E-state index in [1.165, 1.54) is 11.3 Å². The largest absolute Gasteiger partial charge is 0.497 e. The normalized spacial score (nSPS) is 13.6. The number of carbonyl (C=O) groups excluding carboxylic acids is 1. The average molecular weight is 420 g/mol. The fraction of sp³-hybridized carbons (Fsp3) is 0.273. The zero-order valence-electron chi connectivity index (χ0n) is 16.9. The van der Waals surface area contributed by atoms with Gasteiger partial charge in [-0.1, -0.05) is 5.16 Å². The number of methoxy groups -OCH3 is 1. The van der Waals surface area contributed by atoms with Crippen molar-refractivity contribution in [1.29, 1.82) is 0 Å². The second kappa shape index (κ2) is 7.21. The number of amides is 1. The van der Waals surface area contributed by atoms with Crippen LogP contribution in [-0.2, 0) is 0 Å². The summed E-state index contributed by atoms with van der Waals surface area (Å²) in [5.41, 5.74) is 4.30. The lowest BCUT2D eigenvalue weighted by Gasteiger charge is -2.06. The van der Waals surface area contributed by atoms with Crippen molar-refractivity contribution in [3.63, 3.8) is 0 Å². The highest BCUT2D eigenvalue weighted by Gasteiger charge is 2.29. The number of rotatable bonds is 5. The van der Waals surface area contributed by atoms with Crippen LogP contribution in [0.5, 0.6) is 5.75 Å². The Morgan fingerprint density at radius 3 is 2.67 bits per heavy atom. The Hall–Kier alpha value is -3.26. The summed E-state index contributed by atoms with van der Waals surface area (Å²) in [6, 6.07) is 9.58. The number of nitrogens with one attached hydrogen (secondary N) is 1. The minimum Gasteiger partial charge on any atom is -0.497 e. The Morgan fingerprint density at radius 1 is 1.20 bits per heavy atom. The molecule has 0 aliphatic heterocycles. The van der Waals surface area contributed by atoms with Gasteiger partial charge in [-0.15, -0.1) is 11.3 Å². The van der Waals surface area contributed by atoms with Crippen molar-refractivity contribution in [1.82, 2.24) is 15.1 Å². The molecule has 1 amide bonds. The molecule has 0 saturated heterocycles. The molecule has 8 heteroatoms. The van der Waals surface area contributed by atoms with Crippen LogP contribution >= 0.6 is 11.3 Å². The maximum atomic E-state index is 13.2. The van der Waals surface area contributed by atoms with Crippen molar-refractivity contribution < 1.29 is 14.1 Å². The molecule has 0 atom stereocenters. The van der Waals surface area contributed by atoms with Gasteiger partial charge in [0.2, 0.25) is 0 Å². The van der Waals surface area contributed by atoms with Gasteiger partial charge >= 0.3 is 0 Å². The van der Waals surface area contributed by atoms with Crippen LogP contribution in [-0.4, -0.2) is 28.1 Å². The van der Waals surface area contributed by atoms with Crippen molar-refractivity contribution >= 4 is 33.5 Å². The van der Waals surface area contributed by atoms with Gasteiger partial charge in [0.25, 0.3) is 11.6 Å². The smallest absolute Gasteiger partial charge is 0.259 e. The highest BCUT2D eigenvalue weighted by molar-refractivity contribution is 7.16. The quantitative estimate of drug-likeness (QED) is 0.483. The number of ether oxygens (including phenoxy) is 1. The van der Waals surface area contributed by atoms with Crippen LogP contribution in [0.25, 0.3) is 22.4 Å². The number of carbonyl (C=O) groups is 1. The van der Waals surface area contributed by atoms with Crippen LogP contribution in [0.2, 0.25) is 0 Å². The predicted molar refractivity (Wildman–Crippen MR) is 115 cm³/mol. The minimum atomic E-state index is -0.231. The van der Waals surface area contributed by atoms with E-state index in [0.29, 0.717) is 33.4 Å². The zero-order chi connectivity index (χ0) is 20.8. The highest BCUT2D eigenvalue weighted by Crippen LogP contribution is 2.40. The van der Waals surface area contributed by atoms with Crippen molar-refractivity contribution in [2.75, 3.05) is 12.4 Å². The van der Waals surface area contributed by atoms with E-state index in [0.717, 1.165) is 40.4 Å². The number of pyridine rings is 1. The van der Waals surface area contributed by atoms with Gasteiger partial charge in [-0.25, -0.2) is 9.97 Å². The van der Waals surface area contributed by atoms with E-state index in [1.54, 1.807) is 7.11 Å². The Bertz CT molecular complexity index is 1260. The van der Waals surface area contributed by atoms with Crippen LogP contribution < -0.4 is 10.1 Å². The molecule has 152 valence electrons. The van der Waals surface area contributed by atoms with E-state index >= 15 is 0 Å². The zero-order valence-corrected chi connectivity index (χ0v) is 17.7. The number of aryl methyl sites for hydroxylation is 2. The van der Waals surface area contributed by atoms with Gasteiger partial charge in [0.15, 0.2) is 5.13 Å². The first-order valence-electron chi connectivity index (χ1n) is 9.73. The summed E-state index contributed by atoms with van der Waals surface area (Å²) < 4.78 is 10.6. The molecule has 4 aromatic rings. The standard InChI is InChI=1S/C22H20N4O3S/c1-11-18-16(10-17(13-4-5-13)23-21(18)29-26-11)20(27)25-22-24-19(12(2)30-22)14-6-8-15(28-3)9-7-14/h6-10,13H,4-5H2,1-3H3,(H,24,25,27). The molecule has 0 bridgehead atoms. The fourth-order valence-corrected chi connectivity index (χ4v) is 4.34. The van der Waals surface area contributed by atoms with Gasteiger partial charge < -0.3 is 9.26 Å². The lowest BCUT2D eigenvalue weighted by molar-refractivity contribution is 0.102. The topological polar surface area (TPSA) is 90.1 Å². The highest BCUT2D eigenvalue weighted by atomic mass is 32.1. The Balaban J connectivity index is 1.46. The third-order valence-electron chi connectivity index (χ3n) is 5.26. The first-order chi connectivity index (χ1) is 14.5. The molecule has 1 fully saturated rings. The molecule has 1 saturated carbocycles. The number of anilines is 1. The number of thiazole rings is 1. The van der Waals surface area contributed by atoms with Crippen LogP contribution in [0.4, 0.5) is 5.13 Å². The van der Waals surface area contributed by atoms with Crippen LogP contribution in [0, 0.1) is 13.8 Å². The summed E-state index contributed by atoms with van der Waals surface area (Å²) >= 11 is 1.45. The number of fused-ring (bicyclic) bond motifs is 1. The molecule has 0 spiro atoms. The molecule has 1 aromatic carbocycles. The Morgan fingerprint density at radius 2 is 1.97 bits per heavy atom. The van der Waals surface area contributed by atoms with Crippen LogP contribution in [0.15, 0.2) is 34.9 Å². The number of nitrogens with zero attached hydrogens (tertiary/aromatic N) is 3. The van der Waals surface area contributed by atoms with Gasteiger partial charge in [-0.3, -0.25) is 10.1 Å². The molecule has 5 rings (SSSR count). The first kappa shape index (κ1) is 18.7. The van der Waals surface area contributed by atoms with Gasteiger partial charge in [0, 0.05) is 22.1 Å². The van der Waals surface area contributed by atoms with Crippen molar-refractivity contribution in [3.05, 3.63) is 52.2 Å². The molecular weight excluding hydrogens is 400 g/mol. The number of benzene rings is 1. The lowest BCUT2D eigenvalue weighted by Crippen LogP contribution is -2.13. The number of hydrogen-bond donors (Lipinski definition) is 1. The third-order valence-corrected chi connectivity index (χ3v) is 6.14. The van der Waals surface area contributed by atoms with Crippen molar-refractivity contribution in [2.24, 2.45) is 0 Å². The van der Waals surface area contributed by atoms with Crippen LogP contribution in [0.3, 0.4) is 0 Å². The minimum absolute atomic E-state index is 0.231. The molecule has 3 heterocycles. The van der Waals surface area contributed by atoms with E-state index in [2.05, 4.69) is 20.4 Å². The summed E-state index contributed by atoms with van der Waals surface area (Å²) in [5, 5.41) is 8.16. The van der Waals surface area contributed by atoms with E-state index in [-0.39, 0.29) is 5.91 Å². The summed E-state index contributed by atoms with van der Waals surface area (Å²) in [7, 11) is 1.64. The molecule has 0 radical (unpaired) electrons. The summed E-state index contributed by atoms with van der Waals surface area (Å²) in [5.74, 6) is 0.957. The van der Waals surface area contributed by atoms with Crippen LogP contribution in [0.1, 0.15) is 45.4 Å². The second-order valence-electron chi connectivity index (χ2n) is 7.42. The van der Waals surface area contributed by atoms with Gasteiger partial charge in [0.05, 0.1) is 29.4 Å². The molecule has 1 aliphatic carbocycles. The Labute approximate surface area is 177 Å². The predicted octanol–water partition coefficient (Wildman–Crippen LogP) is 5.10. The van der Waals surface area contributed by atoms with Gasteiger partial charge in [0.1, 0.15) is 5.75 Å². The number of aromatic nitrogens is 3. The maximum absolute atomic E-state index is 13.2. The SMILES string of the molecule is COc1ccc(-c2nc(NC(=O)c3cc(C4CC4)nc4onc(C)c34)sc2C)cc1. The molecule has 1 N–H and O–H groups in total. The lowest BCUT2D eigenvalue weighted by atomic mass is 10.1. The second-order valence-corrected chi connectivity index (χ2v) is 8.63. The van der Waals surface area contributed by atoms with E-state index in [4.69, 9.17) is 9.26 Å². The number of hydrogen-bond acceptors (Lipinski definition) is 7. The van der Waals surface area contributed by atoms with Crippen molar-refractivity contribution in [2.45, 2.75) is 32.6 Å². The Kier molecular flexibility index (Phi) is 4.51. The molecule has 3 aromatic heterocycles.